The molecule has 6 heteroatoms. The van der Waals surface area contributed by atoms with Crippen LogP contribution >= 0.6 is 0 Å². The summed E-state index contributed by atoms with van der Waals surface area (Å²) in [6, 6.07) is 8.76. The van der Waals surface area contributed by atoms with Gasteiger partial charge in [-0.3, -0.25) is 10.2 Å². The van der Waals surface area contributed by atoms with Crippen LogP contribution in [0, 0.1) is 5.92 Å². The van der Waals surface area contributed by atoms with Crippen molar-refractivity contribution in [2.24, 2.45) is 5.92 Å². The van der Waals surface area contributed by atoms with Crippen LogP contribution in [0.2, 0.25) is 0 Å². The number of hydrogen-bond donors (Lipinski definition) is 1. The van der Waals surface area contributed by atoms with Gasteiger partial charge >= 0.3 is 6.18 Å². The molecule has 134 valence electrons. The van der Waals surface area contributed by atoms with Gasteiger partial charge < -0.3 is 0 Å². The Kier molecular flexibility index (Phi) is 4.73. The minimum absolute atomic E-state index is 0.0500. The van der Waals surface area contributed by atoms with Gasteiger partial charge in [0.2, 0.25) is 5.91 Å². The number of carbonyl (C=O) groups is 1. The average Bonchev–Trinajstić information content (AvgIpc) is 2.91. The summed E-state index contributed by atoms with van der Waals surface area (Å²) < 4.78 is 40.9. The van der Waals surface area contributed by atoms with Gasteiger partial charge in [-0.1, -0.05) is 44.2 Å². The number of nitrogens with zero attached hydrogens (tertiary/aromatic N) is 1. The van der Waals surface area contributed by atoms with Gasteiger partial charge in [-0.2, -0.15) is 13.2 Å². The number of nitrogens with one attached hydrogen (secondary N) is 1. The summed E-state index contributed by atoms with van der Waals surface area (Å²) in [7, 11) is 0. The first kappa shape index (κ1) is 17.7. The third-order valence-corrected chi connectivity index (χ3v) is 4.41. The van der Waals surface area contributed by atoms with E-state index in [0.29, 0.717) is 5.92 Å². The molecule has 0 spiro atoms. The summed E-state index contributed by atoms with van der Waals surface area (Å²) in [6.07, 6.45) is -3.51. The molecule has 3 nitrogen and oxygen atoms in total. The summed E-state index contributed by atoms with van der Waals surface area (Å²) in [5.41, 5.74) is 3.60. The van der Waals surface area contributed by atoms with Gasteiger partial charge in [0, 0.05) is 13.0 Å². The smallest absolute Gasteiger partial charge is 0.288 e. The van der Waals surface area contributed by atoms with Gasteiger partial charge in [0.25, 0.3) is 0 Å². The van der Waals surface area contributed by atoms with Gasteiger partial charge in [0.05, 0.1) is 0 Å². The highest BCUT2D eigenvalue weighted by atomic mass is 19.4. The molecule has 1 heterocycles. The highest BCUT2D eigenvalue weighted by Crippen LogP contribution is 2.39. The molecule has 1 saturated heterocycles. The predicted octanol–water partition coefficient (Wildman–Crippen LogP) is 4.38. The second-order valence-corrected chi connectivity index (χ2v) is 6.92. The molecule has 1 aliphatic rings. The minimum atomic E-state index is -4.47. The number of hydrogen-bond acceptors (Lipinski definition) is 2. The maximum atomic E-state index is 13.6. The van der Waals surface area contributed by atoms with Crippen molar-refractivity contribution in [2.45, 2.75) is 38.9 Å². The number of rotatable bonds is 4. The van der Waals surface area contributed by atoms with Crippen LogP contribution in [-0.4, -0.2) is 23.6 Å². The first-order valence-electron chi connectivity index (χ1n) is 8.40. The molecule has 1 unspecified atom stereocenters. The zero-order chi connectivity index (χ0) is 18.2. The van der Waals surface area contributed by atoms with E-state index in [1.165, 1.54) is 6.07 Å². The SMILES string of the molecule is CC(C)Cc1cccc2cc(C(N3CCC(=O)N3)C(F)(F)F)ccc12. The molecule has 0 bridgehead atoms. The number of hydrazine groups is 1. The van der Waals surface area contributed by atoms with E-state index in [1.54, 1.807) is 12.1 Å². The van der Waals surface area contributed by atoms with Crippen molar-refractivity contribution >= 4 is 16.7 Å². The maximum Gasteiger partial charge on any atom is 0.409 e. The Labute approximate surface area is 144 Å². The van der Waals surface area contributed by atoms with Crippen molar-refractivity contribution in [1.82, 2.24) is 10.4 Å². The number of halogens is 3. The summed E-state index contributed by atoms with van der Waals surface area (Å²) >= 11 is 0. The van der Waals surface area contributed by atoms with Gasteiger partial charge in [0.1, 0.15) is 6.04 Å². The summed E-state index contributed by atoms with van der Waals surface area (Å²) in [4.78, 5) is 11.4. The number of alkyl halides is 3. The monoisotopic (exact) mass is 350 g/mol. The highest BCUT2D eigenvalue weighted by Gasteiger charge is 2.46. The molecular weight excluding hydrogens is 329 g/mol. The van der Waals surface area contributed by atoms with E-state index in [2.05, 4.69) is 19.3 Å². The molecule has 1 amide bonds. The van der Waals surface area contributed by atoms with Gasteiger partial charge in [-0.05, 0) is 40.3 Å². The summed E-state index contributed by atoms with van der Waals surface area (Å²) in [5.74, 6) is 0.0854. The molecule has 0 aliphatic carbocycles. The lowest BCUT2D eigenvalue weighted by Gasteiger charge is -2.29. The topological polar surface area (TPSA) is 32.3 Å². The lowest BCUT2D eigenvalue weighted by atomic mass is 9.94. The van der Waals surface area contributed by atoms with Crippen molar-refractivity contribution in [3.63, 3.8) is 0 Å². The number of benzene rings is 2. The molecule has 0 saturated carbocycles. The Morgan fingerprint density at radius 2 is 1.96 bits per heavy atom. The van der Waals surface area contributed by atoms with E-state index in [-0.39, 0.29) is 24.4 Å². The Balaban J connectivity index is 2.02. The zero-order valence-electron chi connectivity index (χ0n) is 14.2. The van der Waals surface area contributed by atoms with Crippen molar-refractivity contribution in [3.05, 3.63) is 47.5 Å². The highest BCUT2D eigenvalue weighted by molar-refractivity contribution is 5.86. The summed E-state index contributed by atoms with van der Waals surface area (Å²) in [6.45, 7) is 4.28. The predicted molar refractivity (Wildman–Crippen MR) is 90.8 cm³/mol. The molecule has 0 aromatic heterocycles. The van der Waals surface area contributed by atoms with E-state index in [9.17, 15) is 18.0 Å². The number of amides is 1. The van der Waals surface area contributed by atoms with Crippen LogP contribution in [0.15, 0.2) is 36.4 Å². The second-order valence-electron chi connectivity index (χ2n) is 6.92. The molecule has 3 rings (SSSR count). The van der Waals surface area contributed by atoms with Crippen LogP contribution in [0.1, 0.15) is 37.4 Å². The third-order valence-electron chi connectivity index (χ3n) is 4.41. The van der Waals surface area contributed by atoms with Crippen LogP contribution in [0.3, 0.4) is 0 Å². The van der Waals surface area contributed by atoms with E-state index in [1.807, 2.05) is 18.2 Å². The zero-order valence-corrected chi connectivity index (χ0v) is 14.2. The lowest BCUT2D eigenvalue weighted by molar-refractivity contribution is -0.191. The Bertz CT molecular complexity index is 786. The van der Waals surface area contributed by atoms with Gasteiger partial charge in [-0.15, -0.1) is 0 Å². The first-order chi connectivity index (χ1) is 11.8. The van der Waals surface area contributed by atoms with Crippen molar-refractivity contribution in [2.75, 3.05) is 6.54 Å². The number of carbonyl (C=O) groups excluding carboxylic acids is 1. The largest absolute Gasteiger partial charge is 0.409 e. The molecule has 25 heavy (non-hydrogen) atoms. The molecular formula is C19H21F3N2O. The van der Waals surface area contributed by atoms with Crippen molar-refractivity contribution in [1.29, 1.82) is 0 Å². The van der Waals surface area contributed by atoms with Gasteiger partial charge in [0.15, 0.2) is 0 Å². The minimum Gasteiger partial charge on any atom is -0.288 e. The number of fused-ring (bicyclic) bond motifs is 1. The maximum absolute atomic E-state index is 13.6. The van der Waals surface area contributed by atoms with Crippen LogP contribution in [0.4, 0.5) is 13.2 Å². The molecule has 1 aliphatic heterocycles. The van der Waals surface area contributed by atoms with E-state index < -0.39 is 12.2 Å². The van der Waals surface area contributed by atoms with Crippen LogP contribution in [-0.2, 0) is 11.2 Å². The van der Waals surface area contributed by atoms with E-state index >= 15 is 0 Å². The van der Waals surface area contributed by atoms with Crippen molar-refractivity contribution in [3.8, 4) is 0 Å². The van der Waals surface area contributed by atoms with Crippen molar-refractivity contribution < 1.29 is 18.0 Å². The Morgan fingerprint density at radius 1 is 1.20 bits per heavy atom. The molecule has 1 atom stereocenters. The standard InChI is InChI=1S/C19H21F3N2O/c1-12(2)10-13-4-3-5-14-11-15(6-7-16(13)14)18(19(20,21)22)24-9-8-17(25)23-24/h3-7,11-12,18H,8-10H2,1-2H3,(H,23,25). The lowest BCUT2D eigenvalue weighted by Crippen LogP contribution is -2.43. The fourth-order valence-corrected chi connectivity index (χ4v) is 3.39. The van der Waals surface area contributed by atoms with E-state index in [0.717, 1.165) is 27.8 Å². The van der Waals surface area contributed by atoms with Crippen LogP contribution in [0.5, 0.6) is 0 Å². The van der Waals surface area contributed by atoms with Gasteiger partial charge in [-0.25, -0.2) is 5.01 Å². The Morgan fingerprint density at radius 3 is 2.56 bits per heavy atom. The molecule has 2 aromatic carbocycles. The second kappa shape index (κ2) is 6.67. The fraction of sp³-hybridized carbons (Fsp3) is 0.421. The third kappa shape index (κ3) is 3.79. The fourth-order valence-electron chi connectivity index (χ4n) is 3.39. The molecule has 0 radical (unpaired) electrons. The van der Waals surface area contributed by atoms with Crippen LogP contribution in [0.25, 0.3) is 10.8 Å². The molecule has 1 fully saturated rings. The molecule has 1 N–H and O–H groups in total. The normalized spacial score (nSPS) is 17.3. The average molecular weight is 350 g/mol. The molecule has 2 aromatic rings. The first-order valence-corrected chi connectivity index (χ1v) is 8.40. The van der Waals surface area contributed by atoms with Crippen LogP contribution < -0.4 is 5.43 Å². The quantitative estimate of drug-likeness (QED) is 0.888. The Hall–Kier alpha value is -2.08. The summed E-state index contributed by atoms with van der Waals surface area (Å²) in [5, 5.41) is 2.75. The van der Waals surface area contributed by atoms with E-state index in [4.69, 9.17) is 0 Å².